The highest BCUT2D eigenvalue weighted by Crippen LogP contribution is 2.31. The fraction of sp³-hybridized carbons (Fsp3) is 0.560. The predicted molar refractivity (Wildman–Crippen MR) is 140 cm³/mol. The highest BCUT2D eigenvalue weighted by molar-refractivity contribution is 7.89. The number of rotatable bonds is 11. The first-order valence-corrected chi connectivity index (χ1v) is 12.7. The van der Waals surface area contributed by atoms with Gasteiger partial charge >= 0.3 is 0 Å². The Labute approximate surface area is 230 Å². The van der Waals surface area contributed by atoms with E-state index in [-0.39, 0.29) is 42.2 Å². The van der Waals surface area contributed by atoms with E-state index in [1.807, 2.05) is 4.72 Å². The number of aromatic nitrogens is 4. The summed E-state index contributed by atoms with van der Waals surface area (Å²) in [5.41, 5.74) is -2.69. The maximum absolute atomic E-state index is 13.6. The largest absolute Gasteiger partial charge is 0.493 e. The second kappa shape index (κ2) is 11.1. The number of ether oxygens (including phenoxy) is 1. The molecule has 1 fully saturated rings. The van der Waals surface area contributed by atoms with Crippen molar-refractivity contribution in [3.05, 3.63) is 34.2 Å². The lowest BCUT2D eigenvalue weighted by molar-refractivity contribution is 0.297. The lowest BCUT2D eigenvalue weighted by atomic mass is 10.1. The van der Waals surface area contributed by atoms with Crippen molar-refractivity contribution >= 4 is 21.1 Å². The summed E-state index contributed by atoms with van der Waals surface area (Å²) >= 11 is 0. The van der Waals surface area contributed by atoms with Gasteiger partial charge < -0.3 is 14.6 Å². The van der Waals surface area contributed by atoms with Gasteiger partial charge in [0.25, 0.3) is 5.56 Å². The standard InChI is InChI=1S/C25H36N6O4S/c1-5-8-20-22-23(31(4)29-20)25(32)28-24(27-22)19-16-18(10-11-21(19)35-15-6-2)36(33,34)26-13-12-17-9-7-14-30(17)3/h10-11,16-17,26H,5-9,12-15H2,1-4H3,(H,27,28,32)/i1D3,3D3,5D2,8D2,12D2,13D. The van der Waals surface area contributed by atoms with Crippen LogP contribution in [0.3, 0.4) is 0 Å². The first-order chi connectivity index (χ1) is 22.3. The Morgan fingerprint density at radius 3 is 3.03 bits per heavy atom. The van der Waals surface area contributed by atoms with Crippen molar-refractivity contribution < 1.29 is 31.0 Å². The van der Waals surface area contributed by atoms with E-state index in [2.05, 4.69) is 15.1 Å². The van der Waals surface area contributed by atoms with Crippen molar-refractivity contribution in [2.45, 2.75) is 63.1 Å². The molecule has 0 spiro atoms. The summed E-state index contributed by atoms with van der Waals surface area (Å²) in [5, 5.41) is 3.91. The minimum Gasteiger partial charge on any atom is -0.493 e. The van der Waals surface area contributed by atoms with Gasteiger partial charge in [0, 0.05) is 37.4 Å². The van der Waals surface area contributed by atoms with Crippen LogP contribution < -0.4 is 15.0 Å². The molecule has 0 radical (unpaired) electrons. The number of nitrogens with zero attached hydrogens (tertiary/aromatic N) is 4. The minimum atomic E-state index is -4.71. The smallest absolute Gasteiger partial charge is 0.277 e. The molecule has 0 aliphatic carbocycles. The molecule has 2 N–H and O–H groups in total. The van der Waals surface area contributed by atoms with Gasteiger partial charge in [-0.05, 0) is 63.7 Å². The van der Waals surface area contributed by atoms with Crippen LogP contribution in [-0.2, 0) is 23.4 Å². The maximum atomic E-state index is 13.6. The molecular formula is C25H36N6O4S. The van der Waals surface area contributed by atoms with Crippen molar-refractivity contribution in [2.75, 3.05) is 26.6 Å². The fourth-order valence-corrected chi connectivity index (χ4v) is 4.75. The molecule has 0 saturated carbocycles. The average molecular weight is 530 g/mol. The predicted octanol–water partition coefficient (Wildman–Crippen LogP) is 2.83. The van der Waals surface area contributed by atoms with E-state index in [0.29, 0.717) is 12.8 Å². The van der Waals surface area contributed by atoms with Crippen molar-refractivity contribution in [2.24, 2.45) is 7.05 Å². The van der Waals surface area contributed by atoms with Gasteiger partial charge in [0.1, 0.15) is 17.1 Å². The van der Waals surface area contributed by atoms with Crippen LogP contribution in [0, 0.1) is 0 Å². The van der Waals surface area contributed by atoms with Crippen molar-refractivity contribution in [3.63, 3.8) is 0 Å². The number of fused-ring (bicyclic) bond motifs is 1. The van der Waals surface area contributed by atoms with E-state index in [9.17, 15) is 13.2 Å². The van der Waals surface area contributed by atoms with Gasteiger partial charge in [-0.3, -0.25) is 9.48 Å². The number of aromatic amines is 1. The topological polar surface area (TPSA) is 122 Å². The molecule has 10 nitrogen and oxygen atoms in total. The third-order valence-corrected chi connectivity index (χ3v) is 6.90. The molecule has 3 heterocycles. The molecule has 4 rings (SSSR count). The Balaban J connectivity index is 1.83. The number of benzene rings is 1. The number of H-pyrrole nitrogens is 1. The zero-order chi connectivity index (χ0) is 37.1. The molecule has 11 heteroatoms. The molecule has 1 aliphatic heterocycles. The molecule has 1 saturated heterocycles. The quantitative estimate of drug-likeness (QED) is 0.392. The molecule has 0 amide bonds. The van der Waals surface area contributed by atoms with Crippen molar-refractivity contribution in [3.8, 4) is 17.1 Å². The number of hydrogen-bond acceptors (Lipinski definition) is 7. The summed E-state index contributed by atoms with van der Waals surface area (Å²) in [6.45, 7) is -6.30. The SMILES string of the molecule is [2H]C(NS(=O)(=O)c1ccc(OCCC)c(-c2nc3c(C([2H])([2H])C([2H])([2H])C([2H])([2H])[2H])nn(C)c3c(=O)[nH]2)c1)C([2H])([2H])C1CCCN1C([2H])([2H])[2H]. The normalized spacial score (nSPS) is 24.8. The number of hydrogen-bond donors (Lipinski definition) is 2. The Hall–Kier alpha value is -2.76. The molecule has 2 unspecified atom stereocenters. The van der Waals surface area contributed by atoms with Crippen LogP contribution in [0.5, 0.6) is 5.75 Å². The van der Waals surface area contributed by atoms with Crippen LogP contribution in [0.25, 0.3) is 22.4 Å². The maximum Gasteiger partial charge on any atom is 0.277 e. The molecule has 3 aromatic rings. The molecular weight excluding hydrogens is 480 g/mol. The second-order valence-electron chi connectivity index (χ2n) is 8.12. The Bertz CT molecular complexity index is 1880. The summed E-state index contributed by atoms with van der Waals surface area (Å²) in [7, 11) is -3.46. The van der Waals surface area contributed by atoms with E-state index in [1.165, 1.54) is 13.1 Å². The molecule has 2 aromatic heterocycles. The number of aryl methyl sites for hydroxylation is 2. The van der Waals surface area contributed by atoms with E-state index < -0.39 is 77.2 Å². The summed E-state index contributed by atoms with van der Waals surface area (Å²) in [6, 6.07) is 2.05. The van der Waals surface area contributed by atoms with Crippen molar-refractivity contribution in [1.29, 1.82) is 0 Å². The van der Waals surface area contributed by atoms with E-state index >= 15 is 0 Å². The van der Waals surface area contributed by atoms with Gasteiger partial charge in [-0.15, -0.1) is 0 Å². The van der Waals surface area contributed by atoms with Gasteiger partial charge in [-0.1, -0.05) is 20.1 Å². The number of nitrogens with one attached hydrogen (secondary N) is 2. The van der Waals surface area contributed by atoms with E-state index in [4.69, 9.17) is 22.6 Å². The zero-order valence-electron chi connectivity index (χ0n) is 32.8. The zero-order valence-corrected chi connectivity index (χ0v) is 20.6. The Kier molecular flexibility index (Phi) is 4.39. The Morgan fingerprint density at radius 1 is 1.39 bits per heavy atom. The van der Waals surface area contributed by atoms with E-state index in [1.54, 1.807) is 6.92 Å². The summed E-state index contributed by atoms with van der Waals surface area (Å²) < 4.78 is 140. The second-order valence-corrected chi connectivity index (χ2v) is 9.84. The van der Waals surface area contributed by atoms with Gasteiger partial charge in [0.15, 0.2) is 5.52 Å². The van der Waals surface area contributed by atoms with Crippen LogP contribution in [0.1, 0.15) is 69.3 Å². The molecule has 196 valence electrons. The first kappa shape index (κ1) is 14.3. The molecule has 2 atom stereocenters. The third kappa shape index (κ3) is 5.47. The monoisotopic (exact) mass is 529 g/mol. The lowest BCUT2D eigenvalue weighted by Crippen LogP contribution is -2.31. The van der Waals surface area contributed by atoms with Crippen LogP contribution >= 0.6 is 0 Å². The highest BCUT2D eigenvalue weighted by atomic mass is 32.2. The van der Waals surface area contributed by atoms with Gasteiger partial charge in [-0.2, -0.15) is 5.10 Å². The highest BCUT2D eigenvalue weighted by Gasteiger charge is 2.23. The van der Waals surface area contributed by atoms with Crippen LogP contribution in [0.2, 0.25) is 0 Å². The van der Waals surface area contributed by atoms with E-state index in [0.717, 1.165) is 21.7 Å². The van der Waals surface area contributed by atoms with Crippen LogP contribution in [0.4, 0.5) is 0 Å². The molecule has 36 heavy (non-hydrogen) atoms. The average Bonchev–Trinajstić information content (AvgIpc) is 3.61. The van der Waals surface area contributed by atoms with Gasteiger partial charge in [-0.25, -0.2) is 18.1 Å². The van der Waals surface area contributed by atoms with Gasteiger partial charge in [0.2, 0.25) is 10.0 Å². The molecule has 0 bridgehead atoms. The molecule has 1 aromatic carbocycles. The first-order valence-electron chi connectivity index (χ1n) is 17.8. The Morgan fingerprint density at radius 2 is 2.25 bits per heavy atom. The molecule has 1 aliphatic rings. The minimum absolute atomic E-state index is 0.00611. The summed E-state index contributed by atoms with van der Waals surface area (Å²) in [4.78, 5) is 20.4. The summed E-state index contributed by atoms with van der Waals surface area (Å²) in [6.07, 6.45) is -8.51. The summed E-state index contributed by atoms with van der Waals surface area (Å²) in [5.74, 6) is -0.372. The third-order valence-electron chi connectivity index (χ3n) is 5.59. The number of likely N-dealkylation sites (tertiary alicyclic amines) is 1. The van der Waals surface area contributed by atoms with Crippen LogP contribution in [0.15, 0.2) is 27.9 Å². The number of sulfonamides is 1. The lowest BCUT2D eigenvalue weighted by Gasteiger charge is -2.19. The fourth-order valence-electron chi connectivity index (χ4n) is 3.87. The van der Waals surface area contributed by atoms with Crippen molar-refractivity contribution in [1.82, 2.24) is 29.4 Å². The van der Waals surface area contributed by atoms with Crippen LogP contribution in [-0.4, -0.2) is 65.8 Å². The van der Waals surface area contributed by atoms with Gasteiger partial charge in [0.05, 0.1) is 22.8 Å².